The molecule has 0 radical (unpaired) electrons. The molecule has 0 aromatic heterocycles. The lowest BCUT2D eigenvalue weighted by atomic mass is 10.3. The Balaban J connectivity index is 1.89. The Kier molecular flexibility index (Phi) is 4.86. The molecule has 1 atom stereocenters. The standard InChI is InChI=1S/C13H19BrN2O2/c1-2-16-6-7-17-10(8-16)9-18-12-5-3-4-11(15)13(12)14/h3-5,10H,2,6-9,15H2,1H3. The van der Waals surface area contributed by atoms with Gasteiger partial charge in [-0.25, -0.2) is 0 Å². The summed E-state index contributed by atoms with van der Waals surface area (Å²) in [4.78, 5) is 2.37. The molecule has 18 heavy (non-hydrogen) atoms. The quantitative estimate of drug-likeness (QED) is 0.865. The highest BCUT2D eigenvalue weighted by Crippen LogP contribution is 2.30. The first-order valence-corrected chi connectivity index (χ1v) is 7.00. The van der Waals surface area contributed by atoms with Crippen molar-refractivity contribution in [1.29, 1.82) is 0 Å². The number of hydrogen-bond donors (Lipinski definition) is 1. The van der Waals surface area contributed by atoms with E-state index in [9.17, 15) is 0 Å². The van der Waals surface area contributed by atoms with Crippen LogP contribution in [0.1, 0.15) is 6.92 Å². The molecular formula is C13H19BrN2O2. The van der Waals surface area contributed by atoms with Gasteiger partial charge >= 0.3 is 0 Å². The van der Waals surface area contributed by atoms with E-state index in [2.05, 4.69) is 27.8 Å². The summed E-state index contributed by atoms with van der Waals surface area (Å²) in [6, 6.07) is 5.63. The molecule has 0 aliphatic carbocycles. The molecule has 1 aliphatic heterocycles. The summed E-state index contributed by atoms with van der Waals surface area (Å²) in [6.07, 6.45) is 0.132. The third kappa shape index (κ3) is 3.37. The molecule has 1 unspecified atom stereocenters. The molecular weight excluding hydrogens is 296 g/mol. The van der Waals surface area contributed by atoms with Crippen LogP contribution in [0.5, 0.6) is 5.75 Å². The van der Waals surface area contributed by atoms with Crippen molar-refractivity contribution in [3.63, 3.8) is 0 Å². The van der Waals surface area contributed by atoms with Crippen molar-refractivity contribution in [3.05, 3.63) is 22.7 Å². The number of nitrogens with two attached hydrogens (primary N) is 1. The second kappa shape index (κ2) is 6.41. The van der Waals surface area contributed by atoms with E-state index in [1.165, 1.54) is 0 Å². The van der Waals surface area contributed by atoms with Crippen molar-refractivity contribution in [3.8, 4) is 5.75 Å². The molecule has 0 saturated carbocycles. The van der Waals surface area contributed by atoms with Crippen LogP contribution in [0, 0.1) is 0 Å². The highest BCUT2D eigenvalue weighted by molar-refractivity contribution is 9.10. The van der Waals surface area contributed by atoms with Gasteiger partial charge in [0.05, 0.1) is 11.1 Å². The van der Waals surface area contributed by atoms with Crippen molar-refractivity contribution in [1.82, 2.24) is 4.90 Å². The van der Waals surface area contributed by atoms with Crippen molar-refractivity contribution in [2.24, 2.45) is 0 Å². The molecule has 0 amide bonds. The Bertz CT molecular complexity index is 401. The summed E-state index contributed by atoms with van der Waals surface area (Å²) in [5, 5.41) is 0. The highest BCUT2D eigenvalue weighted by Gasteiger charge is 2.20. The van der Waals surface area contributed by atoms with Gasteiger partial charge in [-0.2, -0.15) is 0 Å². The molecule has 4 nitrogen and oxygen atoms in total. The van der Waals surface area contributed by atoms with E-state index in [0.29, 0.717) is 12.3 Å². The van der Waals surface area contributed by atoms with Gasteiger partial charge in [0, 0.05) is 18.8 Å². The Morgan fingerprint density at radius 2 is 2.39 bits per heavy atom. The van der Waals surface area contributed by atoms with Crippen LogP contribution >= 0.6 is 15.9 Å². The van der Waals surface area contributed by atoms with Gasteiger partial charge in [0.2, 0.25) is 0 Å². The minimum atomic E-state index is 0.132. The predicted octanol–water partition coefficient (Wildman–Crippen LogP) is 2.13. The molecule has 0 bridgehead atoms. The van der Waals surface area contributed by atoms with Crippen LogP contribution in [-0.2, 0) is 4.74 Å². The number of anilines is 1. The minimum absolute atomic E-state index is 0.132. The van der Waals surface area contributed by atoms with Gasteiger partial charge < -0.3 is 15.2 Å². The number of halogens is 1. The molecule has 1 fully saturated rings. The number of likely N-dealkylation sites (N-methyl/N-ethyl adjacent to an activating group) is 1. The number of rotatable bonds is 4. The summed E-state index contributed by atoms with van der Waals surface area (Å²) < 4.78 is 12.3. The second-order valence-electron chi connectivity index (χ2n) is 4.36. The van der Waals surface area contributed by atoms with Gasteiger partial charge in [0.1, 0.15) is 18.5 Å². The molecule has 0 spiro atoms. The van der Waals surface area contributed by atoms with Crippen LogP contribution < -0.4 is 10.5 Å². The zero-order chi connectivity index (χ0) is 13.0. The molecule has 2 N–H and O–H groups in total. The van der Waals surface area contributed by atoms with Gasteiger partial charge in [-0.3, -0.25) is 4.90 Å². The van der Waals surface area contributed by atoms with Crippen LogP contribution in [0.2, 0.25) is 0 Å². The summed E-state index contributed by atoms with van der Waals surface area (Å²) in [6.45, 7) is 6.49. The van der Waals surface area contributed by atoms with Gasteiger partial charge in [0.15, 0.2) is 0 Å². The Morgan fingerprint density at radius 3 is 3.17 bits per heavy atom. The number of nitrogens with zero attached hydrogens (tertiary/aromatic N) is 1. The zero-order valence-electron chi connectivity index (χ0n) is 10.6. The fourth-order valence-corrected chi connectivity index (χ4v) is 2.37. The van der Waals surface area contributed by atoms with Crippen molar-refractivity contribution >= 4 is 21.6 Å². The Labute approximate surface area is 116 Å². The molecule has 1 aromatic carbocycles. The summed E-state index contributed by atoms with van der Waals surface area (Å²) in [7, 11) is 0. The van der Waals surface area contributed by atoms with Gasteiger partial charge in [-0.05, 0) is 34.6 Å². The number of ether oxygens (including phenoxy) is 2. The first-order valence-electron chi connectivity index (χ1n) is 6.21. The van der Waals surface area contributed by atoms with Crippen molar-refractivity contribution in [2.45, 2.75) is 13.0 Å². The Morgan fingerprint density at radius 1 is 1.56 bits per heavy atom. The van der Waals surface area contributed by atoms with Crippen LogP contribution in [0.3, 0.4) is 0 Å². The van der Waals surface area contributed by atoms with Crippen LogP contribution in [-0.4, -0.2) is 43.9 Å². The van der Waals surface area contributed by atoms with E-state index in [-0.39, 0.29) is 6.10 Å². The van der Waals surface area contributed by atoms with Crippen LogP contribution in [0.15, 0.2) is 22.7 Å². The average Bonchev–Trinajstić information content (AvgIpc) is 2.41. The lowest BCUT2D eigenvalue weighted by Crippen LogP contribution is -2.44. The summed E-state index contributed by atoms with van der Waals surface area (Å²) in [5.74, 6) is 0.771. The SMILES string of the molecule is CCN1CCOC(COc2cccc(N)c2Br)C1. The molecule has 5 heteroatoms. The first kappa shape index (κ1) is 13.6. The van der Waals surface area contributed by atoms with E-state index in [4.69, 9.17) is 15.2 Å². The van der Waals surface area contributed by atoms with Crippen molar-refractivity contribution < 1.29 is 9.47 Å². The maximum atomic E-state index is 5.81. The Hall–Kier alpha value is -0.780. The maximum Gasteiger partial charge on any atom is 0.135 e. The normalized spacial score (nSPS) is 20.9. The predicted molar refractivity (Wildman–Crippen MR) is 75.9 cm³/mol. The third-order valence-corrected chi connectivity index (χ3v) is 3.94. The largest absolute Gasteiger partial charge is 0.490 e. The molecule has 1 saturated heterocycles. The summed E-state index contributed by atoms with van der Waals surface area (Å²) in [5.41, 5.74) is 6.49. The number of benzene rings is 1. The van der Waals surface area contributed by atoms with Crippen LogP contribution in [0.25, 0.3) is 0 Å². The second-order valence-corrected chi connectivity index (χ2v) is 5.15. The lowest BCUT2D eigenvalue weighted by molar-refractivity contribution is -0.0464. The van der Waals surface area contributed by atoms with Gasteiger partial charge in [-0.1, -0.05) is 13.0 Å². The number of nitrogen functional groups attached to an aromatic ring is 1. The number of morpholine rings is 1. The number of hydrogen-bond acceptors (Lipinski definition) is 4. The van der Waals surface area contributed by atoms with Gasteiger partial charge in [0.25, 0.3) is 0 Å². The topological polar surface area (TPSA) is 47.7 Å². The van der Waals surface area contributed by atoms with E-state index in [1.54, 1.807) is 0 Å². The average molecular weight is 315 g/mol. The molecule has 2 rings (SSSR count). The third-order valence-electron chi connectivity index (χ3n) is 3.09. The molecule has 1 aliphatic rings. The maximum absolute atomic E-state index is 5.81. The monoisotopic (exact) mass is 314 g/mol. The van der Waals surface area contributed by atoms with Crippen molar-refractivity contribution in [2.75, 3.05) is 38.6 Å². The van der Waals surface area contributed by atoms with Gasteiger partial charge in [-0.15, -0.1) is 0 Å². The van der Waals surface area contributed by atoms with E-state index in [1.807, 2.05) is 18.2 Å². The van der Waals surface area contributed by atoms with E-state index < -0.39 is 0 Å². The molecule has 1 aromatic rings. The fraction of sp³-hybridized carbons (Fsp3) is 0.538. The van der Waals surface area contributed by atoms with E-state index in [0.717, 1.165) is 36.5 Å². The minimum Gasteiger partial charge on any atom is -0.490 e. The lowest BCUT2D eigenvalue weighted by Gasteiger charge is -2.31. The van der Waals surface area contributed by atoms with E-state index >= 15 is 0 Å². The molecule has 100 valence electrons. The molecule has 1 heterocycles. The first-order chi connectivity index (χ1) is 8.70. The highest BCUT2D eigenvalue weighted by atomic mass is 79.9. The zero-order valence-corrected chi connectivity index (χ0v) is 12.1. The summed E-state index contributed by atoms with van der Waals surface area (Å²) >= 11 is 3.43. The van der Waals surface area contributed by atoms with Crippen LogP contribution in [0.4, 0.5) is 5.69 Å². The smallest absolute Gasteiger partial charge is 0.135 e. The fourth-order valence-electron chi connectivity index (χ4n) is 1.99.